The van der Waals surface area contributed by atoms with Crippen molar-refractivity contribution in [3.8, 4) is 0 Å². The molecular formula is C17H26N2O3. The minimum Gasteiger partial charge on any atom is -0.393 e. The Morgan fingerprint density at radius 3 is 2.41 bits per heavy atom. The van der Waals surface area contributed by atoms with E-state index in [1.807, 2.05) is 20.8 Å². The topological polar surface area (TPSA) is 69.6 Å². The number of carbonyl (C=O) groups is 2. The van der Waals surface area contributed by atoms with Gasteiger partial charge >= 0.3 is 0 Å². The van der Waals surface area contributed by atoms with E-state index in [0.717, 1.165) is 0 Å². The van der Waals surface area contributed by atoms with E-state index in [4.69, 9.17) is 0 Å². The summed E-state index contributed by atoms with van der Waals surface area (Å²) in [6.07, 6.45) is 0.0600. The van der Waals surface area contributed by atoms with Crippen LogP contribution in [0.15, 0.2) is 24.3 Å². The fraction of sp³-hybridized carbons (Fsp3) is 0.529. The van der Waals surface area contributed by atoms with Gasteiger partial charge in [0.25, 0.3) is 5.91 Å². The number of carbonyl (C=O) groups excluding carboxylic acids is 2. The molecule has 0 aliphatic rings. The number of benzene rings is 1. The molecule has 0 aliphatic heterocycles. The summed E-state index contributed by atoms with van der Waals surface area (Å²) in [5.74, 6) is -0.315. The van der Waals surface area contributed by atoms with Crippen LogP contribution in [-0.4, -0.2) is 41.5 Å². The first-order chi connectivity index (χ1) is 10.1. The zero-order valence-electron chi connectivity index (χ0n) is 14.0. The molecule has 1 unspecified atom stereocenters. The number of anilines is 1. The molecule has 22 heavy (non-hydrogen) atoms. The van der Waals surface area contributed by atoms with Crippen LogP contribution in [0, 0.1) is 5.41 Å². The van der Waals surface area contributed by atoms with Gasteiger partial charge in [-0.25, -0.2) is 0 Å². The fourth-order valence-corrected chi connectivity index (χ4v) is 1.78. The molecule has 5 heteroatoms. The molecule has 2 amide bonds. The lowest BCUT2D eigenvalue weighted by molar-refractivity contribution is -0.123. The quantitative estimate of drug-likeness (QED) is 0.878. The number of rotatable bonds is 5. The average molecular weight is 306 g/mol. The van der Waals surface area contributed by atoms with Gasteiger partial charge in [-0.3, -0.25) is 9.59 Å². The monoisotopic (exact) mass is 306 g/mol. The second-order valence-electron chi connectivity index (χ2n) is 6.61. The molecular weight excluding hydrogens is 280 g/mol. The third kappa shape index (κ3) is 5.15. The number of hydrogen-bond acceptors (Lipinski definition) is 3. The zero-order chi connectivity index (χ0) is 16.9. The first-order valence-electron chi connectivity index (χ1n) is 7.47. The molecule has 0 heterocycles. The SMILES string of the molecule is CC(O)CCN(C)C(=O)c1ccccc1NC(=O)C(C)(C)C. The molecule has 1 rings (SSSR count). The molecule has 1 aromatic rings. The Labute approximate surface area is 132 Å². The number of aliphatic hydroxyl groups is 1. The second-order valence-corrected chi connectivity index (χ2v) is 6.61. The highest BCUT2D eigenvalue weighted by molar-refractivity contribution is 6.04. The van der Waals surface area contributed by atoms with Crippen LogP contribution in [0.25, 0.3) is 0 Å². The van der Waals surface area contributed by atoms with Crippen LogP contribution in [0.5, 0.6) is 0 Å². The molecule has 2 N–H and O–H groups in total. The van der Waals surface area contributed by atoms with Gasteiger partial charge in [0.2, 0.25) is 5.91 Å². The zero-order valence-corrected chi connectivity index (χ0v) is 14.0. The van der Waals surface area contributed by atoms with Crippen LogP contribution in [0.3, 0.4) is 0 Å². The highest BCUT2D eigenvalue weighted by Crippen LogP contribution is 2.21. The van der Waals surface area contributed by atoms with Crippen molar-refractivity contribution in [1.82, 2.24) is 4.90 Å². The third-order valence-corrected chi connectivity index (χ3v) is 3.32. The van der Waals surface area contributed by atoms with E-state index >= 15 is 0 Å². The summed E-state index contributed by atoms with van der Waals surface area (Å²) >= 11 is 0. The Hall–Kier alpha value is -1.88. The third-order valence-electron chi connectivity index (χ3n) is 3.32. The molecule has 0 aliphatic carbocycles. The summed E-state index contributed by atoms with van der Waals surface area (Å²) in [4.78, 5) is 26.2. The van der Waals surface area contributed by atoms with Gasteiger partial charge in [0.1, 0.15) is 0 Å². The number of amides is 2. The molecule has 0 radical (unpaired) electrons. The lowest BCUT2D eigenvalue weighted by Gasteiger charge is -2.22. The van der Waals surface area contributed by atoms with E-state index < -0.39 is 11.5 Å². The lowest BCUT2D eigenvalue weighted by Crippen LogP contribution is -2.32. The number of aliphatic hydroxyl groups excluding tert-OH is 1. The van der Waals surface area contributed by atoms with Crippen molar-refractivity contribution in [3.63, 3.8) is 0 Å². The molecule has 0 saturated heterocycles. The van der Waals surface area contributed by atoms with Crippen molar-refractivity contribution >= 4 is 17.5 Å². The average Bonchev–Trinajstić information content (AvgIpc) is 2.43. The van der Waals surface area contributed by atoms with E-state index in [0.29, 0.717) is 24.2 Å². The minimum atomic E-state index is -0.533. The summed E-state index contributed by atoms with van der Waals surface area (Å²) in [7, 11) is 1.69. The predicted molar refractivity (Wildman–Crippen MR) is 87.8 cm³/mol. The predicted octanol–water partition coefficient (Wildman–Crippen LogP) is 2.51. The van der Waals surface area contributed by atoms with Crippen LogP contribution in [0.1, 0.15) is 44.5 Å². The highest BCUT2D eigenvalue weighted by Gasteiger charge is 2.23. The van der Waals surface area contributed by atoms with Crippen molar-refractivity contribution in [2.24, 2.45) is 5.41 Å². The van der Waals surface area contributed by atoms with Crippen molar-refractivity contribution in [2.45, 2.75) is 40.2 Å². The number of nitrogens with zero attached hydrogens (tertiary/aromatic N) is 1. The van der Waals surface area contributed by atoms with Crippen LogP contribution in [-0.2, 0) is 4.79 Å². The van der Waals surface area contributed by atoms with E-state index in [1.54, 1.807) is 43.1 Å². The normalized spacial score (nSPS) is 12.6. The first-order valence-corrected chi connectivity index (χ1v) is 7.47. The van der Waals surface area contributed by atoms with Gasteiger partial charge in [0.05, 0.1) is 17.4 Å². The van der Waals surface area contributed by atoms with E-state index in [9.17, 15) is 14.7 Å². The van der Waals surface area contributed by atoms with Gasteiger partial charge in [-0.2, -0.15) is 0 Å². The van der Waals surface area contributed by atoms with Crippen molar-refractivity contribution in [1.29, 1.82) is 0 Å². The largest absolute Gasteiger partial charge is 0.393 e. The fourth-order valence-electron chi connectivity index (χ4n) is 1.78. The van der Waals surface area contributed by atoms with Crippen molar-refractivity contribution in [2.75, 3.05) is 18.9 Å². The molecule has 1 atom stereocenters. The summed E-state index contributed by atoms with van der Waals surface area (Å²) in [5, 5.41) is 12.1. The Morgan fingerprint density at radius 2 is 1.86 bits per heavy atom. The van der Waals surface area contributed by atoms with Gasteiger partial charge < -0.3 is 15.3 Å². The first kappa shape index (κ1) is 18.2. The molecule has 0 fully saturated rings. The van der Waals surface area contributed by atoms with E-state index in [1.165, 1.54) is 0 Å². The summed E-state index contributed by atoms with van der Waals surface area (Å²) in [5.41, 5.74) is 0.429. The molecule has 0 bridgehead atoms. The molecule has 0 aromatic heterocycles. The molecule has 1 aromatic carbocycles. The van der Waals surface area contributed by atoms with Crippen LogP contribution in [0.2, 0.25) is 0 Å². The molecule has 0 spiro atoms. The van der Waals surface area contributed by atoms with Crippen LogP contribution < -0.4 is 5.32 Å². The van der Waals surface area contributed by atoms with E-state index in [2.05, 4.69) is 5.32 Å². The number of nitrogens with one attached hydrogen (secondary N) is 1. The van der Waals surface area contributed by atoms with Gasteiger partial charge in [0, 0.05) is 19.0 Å². The van der Waals surface area contributed by atoms with Gasteiger partial charge in [-0.05, 0) is 25.5 Å². The Morgan fingerprint density at radius 1 is 1.27 bits per heavy atom. The smallest absolute Gasteiger partial charge is 0.255 e. The Bertz CT molecular complexity index is 533. The lowest BCUT2D eigenvalue weighted by atomic mass is 9.95. The van der Waals surface area contributed by atoms with Crippen LogP contribution in [0.4, 0.5) is 5.69 Å². The van der Waals surface area contributed by atoms with Crippen molar-refractivity contribution in [3.05, 3.63) is 29.8 Å². The number of para-hydroxylation sites is 1. The Balaban J connectivity index is 2.91. The molecule has 5 nitrogen and oxygen atoms in total. The minimum absolute atomic E-state index is 0.139. The summed E-state index contributed by atoms with van der Waals surface area (Å²) in [6, 6.07) is 6.96. The maximum Gasteiger partial charge on any atom is 0.255 e. The highest BCUT2D eigenvalue weighted by atomic mass is 16.3. The maximum atomic E-state index is 12.5. The van der Waals surface area contributed by atoms with Gasteiger partial charge in [-0.1, -0.05) is 32.9 Å². The second kappa shape index (κ2) is 7.40. The number of hydrogen-bond donors (Lipinski definition) is 2. The summed E-state index contributed by atoms with van der Waals surface area (Å²) < 4.78 is 0. The van der Waals surface area contributed by atoms with Gasteiger partial charge in [0.15, 0.2) is 0 Å². The van der Waals surface area contributed by atoms with Crippen molar-refractivity contribution < 1.29 is 14.7 Å². The van der Waals surface area contributed by atoms with Gasteiger partial charge in [-0.15, -0.1) is 0 Å². The molecule has 0 saturated carbocycles. The maximum absolute atomic E-state index is 12.5. The standard InChI is InChI=1S/C17H26N2O3/c1-12(20)10-11-19(5)15(21)13-8-6-7-9-14(13)18-16(22)17(2,3)4/h6-9,12,20H,10-11H2,1-5H3,(H,18,22). The van der Waals surface area contributed by atoms with Crippen LogP contribution >= 0.6 is 0 Å². The summed E-state index contributed by atoms with van der Waals surface area (Å²) in [6.45, 7) is 7.61. The molecule has 122 valence electrons. The Kier molecular flexibility index (Phi) is 6.11. The van der Waals surface area contributed by atoms with E-state index in [-0.39, 0.29) is 11.8 Å².